The van der Waals surface area contributed by atoms with Crippen molar-refractivity contribution in [2.75, 3.05) is 0 Å². The summed E-state index contributed by atoms with van der Waals surface area (Å²) >= 11 is 0. The number of aliphatic hydroxyl groups is 1. The van der Waals surface area contributed by atoms with Gasteiger partial charge in [0, 0.05) is 11.6 Å². The van der Waals surface area contributed by atoms with Crippen LogP contribution in [0.3, 0.4) is 0 Å². The van der Waals surface area contributed by atoms with E-state index in [0.29, 0.717) is 12.0 Å². The van der Waals surface area contributed by atoms with Crippen molar-refractivity contribution in [2.45, 2.75) is 19.4 Å². The van der Waals surface area contributed by atoms with Gasteiger partial charge in [0.15, 0.2) is 0 Å². The minimum absolute atomic E-state index is 0.190. The lowest BCUT2D eigenvalue weighted by atomic mass is 10.1. The number of aliphatic hydroxyl groups excluding tert-OH is 1. The van der Waals surface area contributed by atoms with Gasteiger partial charge in [0.25, 0.3) is 0 Å². The Morgan fingerprint density at radius 1 is 1.50 bits per heavy atom. The molecule has 0 aliphatic rings. The summed E-state index contributed by atoms with van der Waals surface area (Å²) in [6, 6.07) is 3.60. The van der Waals surface area contributed by atoms with Crippen LogP contribution in [0.5, 0.6) is 5.75 Å². The SMILES string of the molecule is CCC(O)c1ccc(F)cc1O. The number of benzene rings is 1. The van der Waals surface area contributed by atoms with E-state index in [9.17, 15) is 14.6 Å². The summed E-state index contributed by atoms with van der Waals surface area (Å²) in [6.07, 6.45) is -0.218. The fourth-order valence-electron chi connectivity index (χ4n) is 1.02. The molecule has 2 nitrogen and oxygen atoms in total. The molecule has 0 saturated heterocycles. The van der Waals surface area contributed by atoms with Gasteiger partial charge >= 0.3 is 0 Å². The van der Waals surface area contributed by atoms with Crippen molar-refractivity contribution in [1.29, 1.82) is 0 Å². The second kappa shape index (κ2) is 3.54. The van der Waals surface area contributed by atoms with E-state index in [0.717, 1.165) is 6.07 Å². The largest absolute Gasteiger partial charge is 0.507 e. The predicted octanol–water partition coefficient (Wildman–Crippen LogP) is 1.97. The van der Waals surface area contributed by atoms with Crippen LogP contribution < -0.4 is 0 Å². The van der Waals surface area contributed by atoms with E-state index in [2.05, 4.69) is 0 Å². The highest BCUT2D eigenvalue weighted by atomic mass is 19.1. The third-order valence-electron chi connectivity index (χ3n) is 1.74. The number of phenols is 1. The average Bonchev–Trinajstić information content (AvgIpc) is 2.03. The maximum atomic E-state index is 12.5. The highest BCUT2D eigenvalue weighted by Gasteiger charge is 2.09. The van der Waals surface area contributed by atoms with Crippen molar-refractivity contribution in [2.24, 2.45) is 0 Å². The van der Waals surface area contributed by atoms with Crippen LogP contribution in [-0.4, -0.2) is 10.2 Å². The minimum Gasteiger partial charge on any atom is -0.507 e. The summed E-state index contributed by atoms with van der Waals surface area (Å²) in [6.45, 7) is 1.79. The van der Waals surface area contributed by atoms with Gasteiger partial charge in [-0.15, -0.1) is 0 Å². The molecule has 1 aromatic rings. The number of aromatic hydroxyl groups is 1. The Hall–Kier alpha value is -1.09. The van der Waals surface area contributed by atoms with E-state index in [-0.39, 0.29) is 5.75 Å². The van der Waals surface area contributed by atoms with E-state index in [1.54, 1.807) is 6.92 Å². The van der Waals surface area contributed by atoms with Crippen molar-refractivity contribution in [1.82, 2.24) is 0 Å². The second-order valence-corrected chi connectivity index (χ2v) is 2.63. The number of phenolic OH excluding ortho intramolecular Hbond substituents is 1. The van der Waals surface area contributed by atoms with Gasteiger partial charge in [-0.1, -0.05) is 6.92 Å². The molecule has 66 valence electrons. The van der Waals surface area contributed by atoms with Crippen LogP contribution in [-0.2, 0) is 0 Å². The topological polar surface area (TPSA) is 40.5 Å². The normalized spacial score (nSPS) is 12.9. The van der Waals surface area contributed by atoms with E-state index in [4.69, 9.17) is 0 Å². The fourth-order valence-corrected chi connectivity index (χ4v) is 1.02. The summed E-state index contributed by atoms with van der Waals surface area (Å²) in [7, 11) is 0. The van der Waals surface area contributed by atoms with Crippen molar-refractivity contribution < 1.29 is 14.6 Å². The summed E-state index contributed by atoms with van der Waals surface area (Å²) in [4.78, 5) is 0. The molecule has 0 saturated carbocycles. The zero-order valence-electron chi connectivity index (χ0n) is 6.79. The third-order valence-corrected chi connectivity index (χ3v) is 1.74. The molecule has 3 heteroatoms. The van der Waals surface area contributed by atoms with E-state index < -0.39 is 11.9 Å². The molecule has 0 heterocycles. The molecular formula is C9H11FO2. The molecule has 0 amide bonds. The molecule has 2 N–H and O–H groups in total. The first-order valence-electron chi connectivity index (χ1n) is 3.81. The molecule has 12 heavy (non-hydrogen) atoms. The van der Waals surface area contributed by atoms with Gasteiger partial charge in [-0.25, -0.2) is 4.39 Å². The number of rotatable bonds is 2. The fraction of sp³-hybridized carbons (Fsp3) is 0.333. The number of hydrogen-bond acceptors (Lipinski definition) is 2. The quantitative estimate of drug-likeness (QED) is 0.712. The molecule has 0 aromatic heterocycles. The molecule has 1 unspecified atom stereocenters. The molecule has 0 spiro atoms. The Kier molecular flexibility index (Phi) is 2.65. The van der Waals surface area contributed by atoms with E-state index in [1.807, 2.05) is 0 Å². The van der Waals surface area contributed by atoms with Gasteiger partial charge in [0.1, 0.15) is 11.6 Å². The summed E-state index contributed by atoms with van der Waals surface area (Å²) in [5.41, 5.74) is 0.374. The zero-order valence-corrected chi connectivity index (χ0v) is 6.79. The van der Waals surface area contributed by atoms with Crippen LogP contribution in [0.4, 0.5) is 4.39 Å². The molecule has 0 fully saturated rings. The minimum atomic E-state index is -0.717. The first-order valence-corrected chi connectivity index (χ1v) is 3.81. The van der Waals surface area contributed by atoms with Crippen LogP contribution in [0.2, 0.25) is 0 Å². The highest BCUT2D eigenvalue weighted by molar-refractivity contribution is 5.34. The third kappa shape index (κ3) is 1.74. The average molecular weight is 170 g/mol. The maximum Gasteiger partial charge on any atom is 0.126 e. The number of hydrogen-bond donors (Lipinski definition) is 2. The summed E-state index contributed by atoms with van der Waals surface area (Å²) in [5.74, 6) is -0.691. The van der Waals surface area contributed by atoms with Gasteiger partial charge < -0.3 is 10.2 Å². The van der Waals surface area contributed by atoms with Gasteiger partial charge in [0.05, 0.1) is 6.10 Å². The van der Waals surface area contributed by atoms with E-state index >= 15 is 0 Å². The summed E-state index contributed by atoms with van der Waals surface area (Å²) in [5, 5.41) is 18.5. The van der Waals surface area contributed by atoms with Crippen LogP contribution in [0.25, 0.3) is 0 Å². The van der Waals surface area contributed by atoms with E-state index in [1.165, 1.54) is 12.1 Å². The molecule has 0 radical (unpaired) electrons. The monoisotopic (exact) mass is 170 g/mol. The Balaban J connectivity index is 3.01. The van der Waals surface area contributed by atoms with Crippen molar-refractivity contribution in [3.05, 3.63) is 29.6 Å². The highest BCUT2D eigenvalue weighted by Crippen LogP contribution is 2.26. The van der Waals surface area contributed by atoms with Crippen molar-refractivity contribution >= 4 is 0 Å². The standard InChI is InChI=1S/C9H11FO2/c1-2-8(11)7-4-3-6(10)5-9(7)12/h3-5,8,11-12H,2H2,1H3. The lowest BCUT2D eigenvalue weighted by molar-refractivity contribution is 0.169. The van der Waals surface area contributed by atoms with Crippen LogP contribution in [0.15, 0.2) is 18.2 Å². The predicted molar refractivity (Wildman–Crippen MR) is 43.3 cm³/mol. The summed E-state index contributed by atoms with van der Waals surface area (Å²) < 4.78 is 12.5. The molecule has 1 atom stereocenters. The van der Waals surface area contributed by atoms with Crippen LogP contribution >= 0.6 is 0 Å². The zero-order chi connectivity index (χ0) is 9.14. The van der Waals surface area contributed by atoms with Gasteiger partial charge in [0.2, 0.25) is 0 Å². The maximum absolute atomic E-state index is 12.5. The molecular weight excluding hydrogens is 159 g/mol. The smallest absolute Gasteiger partial charge is 0.126 e. The van der Waals surface area contributed by atoms with Crippen molar-refractivity contribution in [3.63, 3.8) is 0 Å². The molecule has 0 aliphatic heterocycles. The Bertz CT molecular complexity index is 273. The lowest BCUT2D eigenvalue weighted by Gasteiger charge is -2.09. The Morgan fingerprint density at radius 2 is 2.17 bits per heavy atom. The Morgan fingerprint density at radius 3 is 2.67 bits per heavy atom. The first kappa shape index (κ1) is 9.00. The molecule has 1 rings (SSSR count). The van der Waals surface area contributed by atoms with Gasteiger partial charge in [-0.2, -0.15) is 0 Å². The van der Waals surface area contributed by atoms with Crippen LogP contribution in [0, 0.1) is 5.82 Å². The Labute approximate surface area is 70.3 Å². The first-order chi connectivity index (χ1) is 5.65. The van der Waals surface area contributed by atoms with Gasteiger partial charge in [-0.05, 0) is 18.6 Å². The molecule has 1 aromatic carbocycles. The second-order valence-electron chi connectivity index (χ2n) is 2.63. The van der Waals surface area contributed by atoms with Crippen LogP contribution in [0.1, 0.15) is 25.0 Å². The lowest BCUT2D eigenvalue weighted by Crippen LogP contribution is -1.95. The molecule has 0 aliphatic carbocycles. The number of halogens is 1. The van der Waals surface area contributed by atoms with Crippen molar-refractivity contribution in [3.8, 4) is 5.75 Å². The molecule has 0 bridgehead atoms. The van der Waals surface area contributed by atoms with Gasteiger partial charge in [-0.3, -0.25) is 0 Å².